The first-order valence-electron chi connectivity index (χ1n) is 8.26. The van der Waals surface area contributed by atoms with Crippen LogP contribution in [0.2, 0.25) is 0 Å². The average Bonchev–Trinajstić information content (AvgIpc) is 2.70. The number of rotatable bonds is 3. The first-order chi connectivity index (χ1) is 11.9. The molecule has 0 nitrogen and oxygen atoms in total. The van der Waals surface area contributed by atoms with E-state index in [1.165, 1.54) is 27.6 Å². The van der Waals surface area contributed by atoms with Crippen LogP contribution in [0.15, 0.2) is 103 Å². The van der Waals surface area contributed by atoms with Gasteiger partial charge in [0.15, 0.2) is 0 Å². The highest BCUT2D eigenvalue weighted by Crippen LogP contribution is 2.51. The molecule has 24 heavy (non-hydrogen) atoms. The highest BCUT2D eigenvalue weighted by Gasteiger charge is 2.18. The molecule has 0 aliphatic carbocycles. The molecule has 1 heterocycles. The van der Waals surface area contributed by atoms with Crippen LogP contribution >= 0.6 is 8.58 Å². The van der Waals surface area contributed by atoms with Gasteiger partial charge in [0.25, 0.3) is 0 Å². The molecule has 4 rings (SSSR count). The molecule has 116 valence electrons. The zero-order valence-corrected chi connectivity index (χ0v) is 14.4. The van der Waals surface area contributed by atoms with Crippen LogP contribution in [0.4, 0.5) is 0 Å². The van der Waals surface area contributed by atoms with Gasteiger partial charge in [0.05, 0.1) is 0 Å². The van der Waals surface area contributed by atoms with Gasteiger partial charge < -0.3 is 0 Å². The molecule has 0 fully saturated rings. The van der Waals surface area contributed by atoms with Crippen molar-refractivity contribution in [3.05, 3.63) is 120 Å². The first-order valence-corrected chi connectivity index (χ1v) is 9.34. The van der Waals surface area contributed by atoms with E-state index < -0.39 is 0 Å². The summed E-state index contributed by atoms with van der Waals surface area (Å²) in [6.07, 6.45) is 4.79. The largest absolute Gasteiger partial charge is 0.0781 e. The van der Waals surface area contributed by atoms with Crippen molar-refractivity contribution in [2.24, 2.45) is 0 Å². The smallest absolute Gasteiger partial charge is 0.0243 e. The van der Waals surface area contributed by atoms with Gasteiger partial charge in [0.2, 0.25) is 0 Å². The lowest BCUT2D eigenvalue weighted by atomic mass is 10.0. The van der Waals surface area contributed by atoms with Crippen molar-refractivity contribution in [2.75, 3.05) is 0 Å². The molecule has 0 N–H and O–H groups in total. The minimum Gasteiger partial charge on any atom is -0.0781 e. The SMILES string of the molecule is C1=C(c2ccccc2)C=C(c2ccccc2)P[C@H]1c1ccccc1. The molecule has 0 saturated heterocycles. The van der Waals surface area contributed by atoms with Crippen molar-refractivity contribution in [1.29, 1.82) is 0 Å². The number of allylic oxidation sites excluding steroid dienone is 3. The second kappa shape index (κ2) is 6.99. The summed E-state index contributed by atoms with van der Waals surface area (Å²) in [6, 6.07) is 32.3. The molecule has 1 unspecified atom stereocenters. The summed E-state index contributed by atoms with van der Waals surface area (Å²) in [6.45, 7) is 0. The maximum absolute atomic E-state index is 2.43. The van der Waals surface area contributed by atoms with Crippen LogP contribution in [0, 0.1) is 0 Å². The van der Waals surface area contributed by atoms with Gasteiger partial charge in [-0.15, -0.1) is 0 Å². The minimum absolute atomic E-state index is 0.446. The normalized spacial score (nSPS) is 18.1. The molecule has 0 spiro atoms. The van der Waals surface area contributed by atoms with E-state index in [0.29, 0.717) is 5.66 Å². The van der Waals surface area contributed by atoms with E-state index in [0.717, 1.165) is 8.58 Å². The molecular weight excluding hydrogens is 307 g/mol. The maximum atomic E-state index is 2.43. The van der Waals surface area contributed by atoms with Gasteiger partial charge in [-0.05, 0) is 33.7 Å². The Bertz CT molecular complexity index is 862. The van der Waals surface area contributed by atoms with Crippen molar-refractivity contribution in [2.45, 2.75) is 5.66 Å². The highest BCUT2D eigenvalue weighted by molar-refractivity contribution is 7.51. The van der Waals surface area contributed by atoms with Gasteiger partial charge in [-0.3, -0.25) is 0 Å². The van der Waals surface area contributed by atoms with Crippen molar-refractivity contribution >= 4 is 19.5 Å². The maximum Gasteiger partial charge on any atom is 0.0243 e. The second-order valence-electron chi connectivity index (χ2n) is 5.94. The second-order valence-corrected chi connectivity index (χ2v) is 7.39. The van der Waals surface area contributed by atoms with Gasteiger partial charge in [0, 0.05) is 5.66 Å². The van der Waals surface area contributed by atoms with Gasteiger partial charge in [0.1, 0.15) is 0 Å². The van der Waals surface area contributed by atoms with Crippen LogP contribution in [0.5, 0.6) is 0 Å². The van der Waals surface area contributed by atoms with Crippen molar-refractivity contribution in [3.63, 3.8) is 0 Å². The molecule has 1 heteroatoms. The topological polar surface area (TPSA) is 0 Å². The summed E-state index contributed by atoms with van der Waals surface area (Å²) >= 11 is 0. The van der Waals surface area contributed by atoms with Gasteiger partial charge in [-0.2, -0.15) is 0 Å². The quantitative estimate of drug-likeness (QED) is 0.479. The lowest BCUT2D eigenvalue weighted by Crippen LogP contribution is -1.96. The summed E-state index contributed by atoms with van der Waals surface area (Å²) < 4.78 is 0. The predicted molar refractivity (Wildman–Crippen MR) is 106 cm³/mol. The van der Waals surface area contributed by atoms with Crippen LogP contribution in [-0.4, -0.2) is 0 Å². The zero-order chi connectivity index (χ0) is 16.2. The van der Waals surface area contributed by atoms with E-state index in [1.54, 1.807) is 0 Å². The fourth-order valence-corrected chi connectivity index (χ4v) is 4.60. The summed E-state index contributed by atoms with van der Waals surface area (Å²) in [4.78, 5) is 0. The van der Waals surface area contributed by atoms with Crippen LogP contribution < -0.4 is 0 Å². The molecular formula is C23H19P. The number of benzene rings is 3. The third kappa shape index (κ3) is 3.25. The molecule has 0 amide bonds. The molecule has 1 aliphatic rings. The van der Waals surface area contributed by atoms with E-state index in [9.17, 15) is 0 Å². The molecule has 3 aromatic rings. The Hall–Kier alpha value is -2.43. The number of hydrogen-bond donors (Lipinski definition) is 0. The van der Waals surface area contributed by atoms with Crippen LogP contribution in [-0.2, 0) is 0 Å². The van der Waals surface area contributed by atoms with E-state index >= 15 is 0 Å². The van der Waals surface area contributed by atoms with Crippen molar-refractivity contribution in [3.8, 4) is 0 Å². The summed E-state index contributed by atoms with van der Waals surface area (Å²) in [5.74, 6) is 0. The monoisotopic (exact) mass is 326 g/mol. The lowest BCUT2D eigenvalue weighted by Gasteiger charge is -2.23. The third-order valence-electron chi connectivity index (χ3n) is 4.31. The van der Waals surface area contributed by atoms with Crippen LogP contribution in [0.25, 0.3) is 10.9 Å². The van der Waals surface area contributed by atoms with E-state index in [2.05, 4.69) is 103 Å². The Kier molecular flexibility index (Phi) is 4.40. The fraction of sp³-hybridized carbons (Fsp3) is 0.0435. The Balaban J connectivity index is 1.79. The fourth-order valence-electron chi connectivity index (χ4n) is 3.07. The van der Waals surface area contributed by atoms with Crippen LogP contribution in [0.3, 0.4) is 0 Å². The zero-order valence-electron chi connectivity index (χ0n) is 13.4. The Morgan fingerprint density at radius 1 is 0.583 bits per heavy atom. The average molecular weight is 326 g/mol. The molecule has 0 aromatic heterocycles. The van der Waals surface area contributed by atoms with Crippen molar-refractivity contribution in [1.82, 2.24) is 0 Å². The lowest BCUT2D eigenvalue weighted by molar-refractivity contribution is 1.22. The van der Waals surface area contributed by atoms with Crippen LogP contribution in [0.1, 0.15) is 22.3 Å². The minimum atomic E-state index is 0.446. The molecule has 3 aromatic carbocycles. The number of hydrogen-bond acceptors (Lipinski definition) is 0. The Morgan fingerprint density at radius 2 is 1.12 bits per heavy atom. The standard InChI is InChI=1S/C23H19P/c1-4-10-18(11-5-1)21-16-22(19-12-6-2-7-13-19)24-23(17-21)20-14-8-3-9-15-20/h1-17,22,24H/t22-/m1/s1. The molecule has 0 bridgehead atoms. The molecule has 0 radical (unpaired) electrons. The molecule has 1 aliphatic heterocycles. The Morgan fingerprint density at radius 3 is 1.75 bits per heavy atom. The highest BCUT2D eigenvalue weighted by atomic mass is 31.1. The first kappa shape index (κ1) is 15.1. The third-order valence-corrected chi connectivity index (χ3v) is 5.86. The van der Waals surface area contributed by atoms with Gasteiger partial charge in [-0.1, -0.05) is 106 Å². The van der Waals surface area contributed by atoms with Gasteiger partial charge in [-0.25, -0.2) is 0 Å². The van der Waals surface area contributed by atoms with E-state index in [1.807, 2.05) is 0 Å². The van der Waals surface area contributed by atoms with Crippen molar-refractivity contribution < 1.29 is 0 Å². The summed E-state index contributed by atoms with van der Waals surface area (Å²) in [7, 11) is 0.754. The molecule has 2 atom stereocenters. The van der Waals surface area contributed by atoms with E-state index in [4.69, 9.17) is 0 Å². The summed E-state index contributed by atoms with van der Waals surface area (Å²) in [5, 5.41) is 1.44. The molecule has 0 saturated carbocycles. The Labute approximate surface area is 145 Å². The predicted octanol–water partition coefficient (Wildman–Crippen LogP) is 6.54. The summed E-state index contributed by atoms with van der Waals surface area (Å²) in [5.41, 5.74) is 5.78. The van der Waals surface area contributed by atoms with Gasteiger partial charge >= 0.3 is 0 Å². The van der Waals surface area contributed by atoms with E-state index in [-0.39, 0.29) is 0 Å².